The van der Waals surface area contributed by atoms with E-state index in [1.54, 1.807) is 0 Å². The third-order valence-electron chi connectivity index (χ3n) is 2.85. The molecular formula is C7H13NO. The monoisotopic (exact) mass is 127 g/mol. The van der Waals surface area contributed by atoms with E-state index < -0.39 is 0 Å². The molecule has 1 unspecified atom stereocenters. The largest absolute Gasteiger partial charge is 0.396 e. The highest BCUT2D eigenvalue weighted by Gasteiger charge is 2.51. The minimum Gasteiger partial charge on any atom is -0.396 e. The second-order valence-electron chi connectivity index (χ2n) is 3.37. The van der Waals surface area contributed by atoms with Gasteiger partial charge in [-0.05, 0) is 18.3 Å². The molecule has 2 heteroatoms. The summed E-state index contributed by atoms with van der Waals surface area (Å²) < 4.78 is 0. The van der Waals surface area contributed by atoms with Gasteiger partial charge in [0.1, 0.15) is 0 Å². The van der Waals surface area contributed by atoms with Gasteiger partial charge in [-0.1, -0.05) is 0 Å². The lowest BCUT2D eigenvalue weighted by molar-refractivity contribution is 0.196. The van der Waals surface area contributed by atoms with Crippen LogP contribution in [0.25, 0.3) is 0 Å². The summed E-state index contributed by atoms with van der Waals surface area (Å²) in [5.41, 5.74) is 0.550. The Kier molecular flexibility index (Phi) is 1.08. The van der Waals surface area contributed by atoms with Crippen LogP contribution in [-0.4, -0.2) is 24.8 Å². The van der Waals surface area contributed by atoms with Gasteiger partial charge in [-0.15, -0.1) is 0 Å². The molecule has 2 fully saturated rings. The van der Waals surface area contributed by atoms with Gasteiger partial charge in [-0.25, -0.2) is 0 Å². The summed E-state index contributed by atoms with van der Waals surface area (Å²) in [6.07, 6.45) is 2.68. The zero-order valence-electron chi connectivity index (χ0n) is 5.56. The first-order valence-electron chi connectivity index (χ1n) is 3.69. The van der Waals surface area contributed by atoms with Crippen LogP contribution in [0.3, 0.4) is 0 Å². The number of aliphatic hydroxyl groups is 1. The third kappa shape index (κ3) is 0.700. The summed E-state index contributed by atoms with van der Waals surface area (Å²) >= 11 is 0. The van der Waals surface area contributed by atoms with E-state index in [1.807, 2.05) is 0 Å². The predicted octanol–water partition coefficient (Wildman–Crippen LogP) is -0.0217. The van der Waals surface area contributed by atoms with Crippen LogP contribution in [0.2, 0.25) is 0 Å². The molecule has 1 spiro atoms. The van der Waals surface area contributed by atoms with Crippen molar-refractivity contribution in [3.05, 3.63) is 0 Å². The highest BCUT2D eigenvalue weighted by atomic mass is 16.3. The van der Waals surface area contributed by atoms with Gasteiger partial charge in [0.2, 0.25) is 0 Å². The van der Waals surface area contributed by atoms with Gasteiger partial charge in [0.05, 0.1) is 0 Å². The maximum atomic E-state index is 8.90. The number of hydrogen-bond acceptors (Lipinski definition) is 2. The van der Waals surface area contributed by atoms with Crippen molar-refractivity contribution in [1.29, 1.82) is 0 Å². The average molecular weight is 127 g/mol. The van der Waals surface area contributed by atoms with E-state index in [-0.39, 0.29) is 0 Å². The summed E-state index contributed by atoms with van der Waals surface area (Å²) in [6, 6.07) is 0. The average Bonchev–Trinajstić information content (AvgIpc) is 2.45. The van der Waals surface area contributed by atoms with E-state index in [0.29, 0.717) is 17.9 Å². The summed E-state index contributed by atoms with van der Waals surface area (Å²) in [5.74, 6) is 0.567. The lowest BCUT2D eigenvalue weighted by atomic mass is 9.94. The van der Waals surface area contributed by atoms with Crippen molar-refractivity contribution in [2.75, 3.05) is 19.7 Å². The normalized spacial score (nSPS) is 37.7. The van der Waals surface area contributed by atoms with E-state index in [1.165, 1.54) is 12.8 Å². The van der Waals surface area contributed by atoms with Gasteiger partial charge in [-0.2, -0.15) is 0 Å². The maximum absolute atomic E-state index is 8.90. The predicted molar refractivity (Wildman–Crippen MR) is 35.1 cm³/mol. The fraction of sp³-hybridized carbons (Fsp3) is 1.00. The van der Waals surface area contributed by atoms with Gasteiger partial charge in [0.15, 0.2) is 0 Å². The number of hydrogen-bond donors (Lipinski definition) is 2. The fourth-order valence-electron chi connectivity index (χ4n) is 1.86. The summed E-state index contributed by atoms with van der Waals surface area (Å²) in [6.45, 7) is 2.57. The molecule has 2 N–H and O–H groups in total. The summed E-state index contributed by atoms with van der Waals surface area (Å²) in [7, 11) is 0. The first kappa shape index (κ1) is 5.69. The van der Waals surface area contributed by atoms with E-state index in [0.717, 1.165) is 13.1 Å². The quantitative estimate of drug-likeness (QED) is 0.519. The van der Waals surface area contributed by atoms with Crippen LogP contribution in [0, 0.1) is 11.3 Å². The van der Waals surface area contributed by atoms with Crippen LogP contribution in [-0.2, 0) is 0 Å². The van der Waals surface area contributed by atoms with Crippen LogP contribution in [0.4, 0.5) is 0 Å². The maximum Gasteiger partial charge on any atom is 0.0477 e. The van der Waals surface area contributed by atoms with Crippen molar-refractivity contribution >= 4 is 0 Å². The Balaban J connectivity index is 2.05. The van der Waals surface area contributed by atoms with Crippen LogP contribution in [0.15, 0.2) is 0 Å². The fourth-order valence-corrected chi connectivity index (χ4v) is 1.86. The Labute approximate surface area is 55.3 Å². The van der Waals surface area contributed by atoms with E-state index >= 15 is 0 Å². The Morgan fingerprint density at radius 1 is 1.56 bits per heavy atom. The molecular weight excluding hydrogens is 114 g/mol. The van der Waals surface area contributed by atoms with E-state index in [9.17, 15) is 0 Å². The molecule has 2 rings (SSSR count). The molecule has 1 saturated carbocycles. The molecule has 0 radical (unpaired) electrons. The SMILES string of the molecule is OCC1CNCC12CC2. The Morgan fingerprint density at radius 2 is 2.33 bits per heavy atom. The first-order valence-corrected chi connectivity index (χ1v) is 3.69. The molecule has 1 heterocycles. The minimum absolute atomic E-state index is 0.382. The van der Waals surface area contributed by atoms with Gasteiger partial charge in [0, 0.05) is 25.6 Å². The van der Waals surface area contributed by atoms with Gasteiger partial charge < -0.3 is 10.4 Å². The number of aliphatic hydroxyl groups excluding tert-OH is 1. The smallest absolute Gasteiger partial charge is 0.0477 e. The third-order valence-corrected chi connectivity index (χ3v) is 2.85. The van der Waals surface area contributed by atoms with Crippen molar-refractivity contribution in [1.82, 2.24) is 5.32 Å². The number of nitrogens with one attached hydrogen (secondary N) is 1. The zero-order valence-corrected chi connectivity index (χ0v) is 5.56. The highest BCUT2D eigenvalue weighted by Crippen LogP contribution is 2.53. The van der Waals surface area contributed by atoms with Crippen LogP contribution < -0.4 is 5.32 Å². The Bertz CT molecular complexity index is 120. The van der Waals surface area contributed by atoms with Crippen LogP contribution in [0.1, 0.15) is 12.8 Å². The zero-order chi connectivity index (χ0) is 6.32. The van der Waals surface area contributed by atoms with Gasteiger partial charge >= 0.3 is 0 Å². The Hall–Kier alpha value is -0.0800. The molecule has 2 aliphatic rings. The van der Waals surface area contributed by atoms with Crippen molar-refractivity contribution in [3.63, 3.8) is 0 Å². The van der Waals surface area contributed by atoms with Crippen molar-refractivity contribution in [2.45, 2.75) is 12.8 Å². The van der Waals surface area contributed by atoms with Crippen LogP contribution in [0.5, 0.6) is 0 Å². The molecule has 1 aliphatic carbocycles. The molecule has 1 atom stereocenters. The molecule has 1 aliphatic heterocycles. The summed E-state index contributed by atoms with van der Waals surface area (Å²) in [5, 5.41) is 12.2. The second-order valence-corrected chi connectivity index (χ2v) is 3.37. The standard InChI is InChI=1S/C7H13NO/c9-4-6-3-8-5-7(6)1-2-7/h6,8-9H,1-5H2. The van der Waals surface area contributed by atoms with Gasteiger partial charge in [-0.3, -0.25) is 0 Å². The molecule has 2 nitrogen and oxygen atoms in total. The lowest BCUT2D eigenvalue weighted by Gasteiger charge is -2.12. The summed E-state index contributed by atoms with van der Waals surface area (Å²) in [4.78, 5) is 0. The first-order chi connectivity index (χ1) is 4.37. The highest BCUT2D eigenvalue weighted by molar-refractivity contribution is 5.04. The lowest BCUT2D eigenvalue weighted by Crippen LogP contribution is -2.16. The number of rotatable bonds is 1. The molecule has 0 aromatic heterocycles. The molecule has 0 amide bonds. The molecule has 0 aromatic carbocycles. The van der Waals surface area contributed by atoms with Crippen molar-refractivity contribution in [2.24, 2.45) is 11.3 Å². The second kappa shape index (κ2) is 1.70. The molecule has 0 bridgehead atoms. The molecule has 1 saturated heterocycles. The molecule has 0 aromatic rings. The Morgan fingerprint density at radius 3 is 2.78 bits per heavy atom. The van der Waals surface area contributed by atoms with Crippen molar-refractivity contribution in [3.8, 4) is 0 Å². The van der Waals surface area contributed by atoms with Gasteiger partial charge in [0.25, 0.3) is 0 Å². The van der Waals surface area contributed by atoms with E-state index in [4.69, 9.17) is 5.11 Å². The topological polar surface area (TPSA) is 32.3 Å². The minimum atomic E-state index is 0.382. The van der Waals surface area contributed by atoms with Crippen LogP contribution >= 0.6 is 0 Å². The van der Waals surface area contributed by atoms with Crippen molar-refractivity contribution < 1.29 is 5.11 Å². The van der Waals surface area contributed by atoms with E-state index in [2.05, 4.69) is 5.32 Å². The molecule has 52 valence electrons. The molecule has 9 heavy (non-hydrogen) atoms.